The summed E-state index contributed by atoms with van der Waals surface area (Å²) in [7, 11) is 0. The van der Waals surface area contributed by atoms with Gasteiger partial charge in [-0.1, -0.05) is 0 Å². The van der Waals surface area contributed by atoms with E-state index in [1.165, 1.54) is 12.8 Å². The highest BCUT2D eigenvalue weighted by Gasteiger charge is 2.28. The van der Waals surface area contributed by atoms with Crippen LogP contribution in [0, 0.1) is 5.92 Å². The summed E-state index contributed by atoms with van der Waals surface area (Å²) in [5.41, 5.74) is 0.800. The van der Waals surface area contributed by atoms with Crippen LogP contribution in [0.5, 0.6) is 0 Å². The van der Waals surface area contributed by atoms with Crippen molar-refractivity contribution >= 4 is 28.6 Å². The van der Waals surface area contributed by atoms with Crippen molar-refractivity contribution in [2.24, 2.45) is 5.92 Å². The van der Waals surface area contributed by atoms with Crippen LogP contribution in [0.2, 0.25) is 0 Å². The molecule has 1 atom stereocenters. The monoisotopic (exact) mass is 326 g/mol. The van der Waals surface area contributed by atoms with Gasteiger partial charge in [-0.25, -0.2) is 0 Å². The zero-order valence-corrected chi connectivity index (χ0v) is 14.1. The Bertz CT molecular complexity index is 845. The Balaban J connectivity index is 1.62. The van der Waals surface area contributed by atoms with E-state index in [4.69, 9.17) is 0 Å². The van der Waals surface area contributed by atoms with E-state index in [0.29, 0.717) is 17.8 Å². The van der Waals surface area contributed by atoms with Gasteiger partial charge in [0.15, 0.2) is 5.82 Å². The van der Waals surface area contributed by atoms with Crippen molar-refractivity contribution in [1.82, 2.24) is 29.9 Å². The second-order valence-corrected chi connectivity index (χ2v) is 6.68. The molecule has 0 amide bonds. The summed E-state index contributed by atoms with van der Waals surface area (Å²) in [5.74, 6) is 2.73. The zero-order valence-electron chi connectivity index (χ0n) is 14.1. The number of anilines is 3. The second kappa shape index (κ2) is 5.77. The van der Waals surface area contributed by atoms with Crippen LogP contribution in [0.15, 0.2) is 18.5 Å². The van der Waals surface area contributed by atoms with Crippen LogP contribution in [0.3, 0.4) is 0 Å². The van der Waals surface area contributed by atoms with Crippen LogP contribution in [-0.2, 0) is 0 Å². The van der Waals surface area contributed by atoms with Gasteiger partial charge in [-0.2, -0.15) is 19.9 Å². The maximum absolute atomic E-state index is 4.64. The Labute approximate surface area is 140 Å². The first-order valence-corrected chi connectivity index (χ1v) is 8.40. The highest BCUT2D eigenvalue weighted by Crippen LogP contribution is 2.34. The van der Waals surface area contributed by atoms with E-state index < -0.39 is 0 Å². The summed E-state index contributed by atoms with van der Waals surface area (Å²) < 4.78 is 0. The first-order chi connectivity index (χ1) is 11.6. The van der Waals surface area contributed by atoms with Gasteiger partial charge in [-0.05, 0) is 45.6 Å². The van der Waals surface area contributed by atoms with E-state index in [-0.39, 0.29) is 6.04 Å². The van der Waals surface area contributed by atoms with Gasteiger partial charge in [-0.3, -0.25) is 0 Å². The first-order valence-electron chi connectivity index (χ1n) is 8.40. The molecule has 3 heterocycles. The molecule has 0 aliphatic heterocycles. The average Bonchev–Trinajstić information content (AvgIpc) is 3.10. The maximum atomic E-state index is 4.64. The van der Waals surface area contributed by atoms with Gasteiger partial charge >= 0.3 is 0 Å². The number of hydrogen-bond donors (Lipinski definition) is 3. The van der Waals surface area contributed by atoms with Crippen LogP contribution in [0.25, 0.3) is 11.0 Å². The fraction of sp³-hybridized carbons (Fsp3) is 0.500. The maximum Gasteiger partial charge on any atom is 0.232 e. The van der Waals surface area contributed by atoms with E-state index in [2.05, 4.69) is 42.7 Å². The summed E-state index contributed by atoms with van der Waals surface area (Å²) in [5, 5.41) is 16.3. The molecule has 0 unspecified atom stereocenters. The van der Waals surface area contributed by atoms with Crippen molar-refractivity contribution in [2.45, 2.75) is 45.7 Å². The van der Waals surface area contributed by atoms with Gasteiger partial charge in [0.2, 0.25) is 5.95 Å². The third-order valence-electron chi connectivity index (χ3n) is 4.32. The Morgan fingerprint density at radius 2 is 2.08 bits per heavy atom. The third kappa shape index (κ3) is 2.91. The van der Waals surface area contributed by atoms with Crippen molar-refractivity contribution in [3.63, 3.8) is 0 Å². The molecule has 0 spiro atoms. The topological polar surface area (TPSA) is 96.3 Å². The van der Waals surface area contributed by atoms with Crippen LogP contribution in [0.1, 0.15) is 39.7 Å². The van der Waals surface area contributed by atoms with E-state index >= 15 is 0 Å². The average molecular weight is 326 g/mol. The molecule has 1 fully saturated rings. The minimum Gasteiger partial charge on any atom is -0.367 e. The first kappa shape index (κ1) is 14.9. The van der Waals surface area contributed by atoms with E-state index in [1.807, 2.05) is 26.1 Å². The molecular weight excluding hydrogens is 304 g/mol. The van der Waals surface area contributed by atoms with Crippen LogP contribution < -0.4 is 10.6 Å². The van der Waals surface area contributed by atoms with Crippen LogP contribution in [0.4, 0.5) is 17.6 Å². The van der Waals surface area contributed by atoms with Gasteiger partial charge in [-0.15, -0.1) is 5.10 Å². The SMILES string of the molecule is CC(C)n1ncc(Nc2nc(N[C@H](C)C3CC3)c3cc[nH]c3n2)n1. The lowest BCUT2D eigenvalue weighted by Crippen LogP contribution is -2.18. The van der Waals surface area contributed by atoms with Crippen LogP contribution in [-0.4, -0.2) is 36.0 Å². The largest absolute Gasteiger partial charge is 0.367 e. The number of rotatable bonds is 6. The quantitative estimate of drug-likeness (QED) is 0.644. The van der Waals surface area contributed by atoms with Crippen molar-refractivity contribution in [2.75, 3.05) is 10.6 Å². The number of aromatic amines is 1. The lowest BCUT2D eigenvalue weighted by Gasteiger charge is -2.15. The summed E-state index contributed by atoms with van der Waals surface area (Å²) in [6.45, 7) is 6.28. The van der Waals surface area contributed by atoms with Crippen molar-refractivity contribution in [3.8, 4) is 0 Å². The smallest absolute Gasteiger partial charge is 0.232 e. The fourth-order valence-electron chi connectivity index (χ4n) is 2.73. The molecule has 3 N–H and O–H groups in total. The number of H-pyrrole nitrogens is 1. The Morgan fingerprint density at radius 1 is 1.25 bits per heavy atom. The molecular formula is C16H22N8. The number of fused-ring (bicyclic) bond motifs is 1. The molecule has 0 saturated heterocycles. The van der Waals surface area contributed by atoms with Crippen molar-refractivity contribution in [3.05, 3.63) is 18.5 Å². The third-order valence-corrected chi connectivity index (χ3v) is 4.32. The molecule has 4 rings (SSSR count). The molecule has 1 aliphatic rings. The molecule has 0 bridgehead atoms. The van der Waals surface area contributed by atoms with Crippen molar-refractivity contribution in [1.29, 1.82) is 0 Å². The Kier molecular flexibility index (Phi) is 3.59. The molecule has 24 heavy (non-hydrogen) atoms. The van der Waals surface area contributed by atoms with E-state index in [0.717, 1.165) is 22.8 Å². The summed E-state index contributed by atoms with van der Waals surface area (Å²) in [6.07, 6.45) is 6.14. The van der Waals surface area contributed by atoms with Gasteiger partial charge in [0, 0.05) is 12.2 Å². The minimum atomic E-state index is 0.212. The molecule has 8 nitrogen and oxygen atoms in total. The highest BCUT2D eigenvalue weighted by molar-refractivity contribution is 5.88. The van der Waals surface area contributed by atoms with Gasteiger partial charge < -0.3 is 15.6 Å². The molecule has 1 saturated carbocycles. The minimum absolute atomic E-state index is 0.212. The Morgan fingerprint density at radius 3 is 2.79 bits per heavy atom. The van der Waals surface area contributed by atoms with E-state index in [1.54, 1.807) is 11.0 Å². The summed E-state index contributed by atoms with van der Waals surface area (Å²) in [6, 6.07) is 2.62. The van der Waals surface area contributed by atoms with Crippen molar-refractivity contribution < 1.29 is 0 Å². The molecule has 1 aliphatic carbocycles. The number of hydrogen-bond acceptors (Lipinski definition) is 6. The van der Waals surface area contributed by atoms with Gasteiger partial charge in [0.1, 0.15) is 11.5 Å². The molecule has 8 heteroatoms. The Hall–Kier alpha value is -2.64. The fourth-order valence-corrected chi connectivity index (χ4v) is 2.73. The highest BCUT2D eigenvalue weighted by atomic mass is 15.5. The normalized spacial score (nSPS) is 15.8. The lowest BCUT2D eigenvalue weighted by molar-refractivity contribution is 0.467. The van der Waals surface area contributed by atoms with Gasteiger partial charge in [0.25, 0.3) is 0 Å². The lowest BCUT2D eigenvalue weighted by atomic mass is 10.2. The molecule has 126 valence electrons. The standard InChI is InChI=1S/C16H22N8/c1-9(2)24-18-8-13(23-24)20-16-21-14-12(6-7-17-14)15(22-16)19-10(3)11-4-5-11/h6-11H,4-5H2,1-3H3,(H3,17,19,20,21,22,23)/t10-/m1/s1. The molecule has 0 radical (unpaired) electrons. The number of aromatic nitrogens is 6. The molecule has 3 aromatic heterocycles. The molecule has 3 aromatic rings. The van der Waals surface area contributed by atoms with E-state index in [9.17, 15) is 0 Å². The predicted octanol–water partition coefficient (Wildman–Crippen LogP) is 3.08. The summed E-state index contributed by atoms with van der Waals surface area (Å²) >= 11 is 0. The van der Waals surface area contributed by atoms with Gasteiger partial charge in [0.05, 0.1) is 17.6 Å². The number of nitrogens with zero attached hydrogens (tertiary/aromatic N) is 5. The predicted molar refractivity (Wildman–Crippen MR) is 93.4 cm³/mol. The van der Waals surface area contributed by atoms with Crippen LogP contribution >= 0.6 is 0 Å². The summed E-state index contributed by atoms with van der Waals surface area (Å²) in [4.78, 5) is 14.0. The number of nitrogens with one attached hydrogen (secondary N) is 3. The molecule has 0 aromatic carbocycles. The zero-order chi connectivity index (χ0) is 16.7. The second-order valence-electron chi connectivity index (χ2n) is 6.68.